The molecule has 8 aromatic rings. The van der Waals surface area contributed by atoms with Crippen LogP contribution >= 0.6 is 23.5 Å². The molecular weight excluding hydrogens is 1690 g/mol. The second-order valence-electron chi connectivity index (χ2n) is 33.2. The minimum atomic E-state index is -1.41. The van der Waals surface area contributed by atoms with E-state index in [0.717, 1.165) is 44.5 Å². The second-order valence-corrected chi connectivity index (χ2v) is 35.5. The van der Waals surface area contributed by atoms with E-state index in [-0.39, 0.29) is 126 Å². The van der Waals surface area contributed by atoms with Crippen LogP contribution in [0.3, 0.4) is 0 Å². The molecule has 14 aliphatic rings. The number of benzene rings is 8. The molecule has 0 aliphatic carbocycles. The summed E-state index contributed by atoms with van der Waals surface area (Å²) in [5, 5.41) is 78.2. The predicted molar refractivity (Wildman–Crippen MR) is 487 cm³/mol. The summed E-state index contributed by atoms with van der Waals surface area (Å²) in [4.78, 5) is 64.5. The van der Waals surface area contributed by atoms with E-state index in [2.05, 4.69) is 49.4 Å². The molecule has 0 aromatic heterocycles. The Kier molecular flexibility index (Phi) is 25.6. The number of hydrogen-bond acceptors (Lipinski definition) is 30. The molecule has 4 fully saturated rings. The van der Waals surface area contributed by atoms with Crippen molar-refractivity contribution in [1.29, 1.82) is 10.5 Å². The van der Waals surface area contributed by atoms with Crippen molar-refractivity contribution in [1.82, 2.24) is 30.7 Å². The fourth-order valence-electron chi connectivity index (χ4n) is 21.7. The van der Waals surface area contributed by atoms with Gasteiger partial charge in [0.25, 0.3) is 0 Å². The van der Waals surface area contributed by atoms with Crippen LogP contribution in [-0.2, 0) is 65.4 Å². The Labute approximate surface area is 758 Å². The van der Waals surface area contributed by atoms with E-state index < -0.39 is 93.8 Å². The maximum atomic E-state index is 15.0. The van der Waals surface area contributed by atoms with Gasteiger partial charge in [-0.3, -0.25) is 25.3 Å². The van der Waals surface area contributed by atoms with Crippen LogP contribution in [0.5, 0.6) is 80.5 Å². The number of nitrogens with zero attached hydrogens (tertiary/aromatic N) is 5. The first-order chi connectivity index (χ1) is 60.6. The zero-order valence-electron chi connectivity index (χ0n) is 69.8. The van der Waals surface area contributed by atoms with Gasteiger partial charge in [0, 0.05) is 112 Å². The Hall–Kier alpha value is -12.1. The lowest BCUT2D eigenvalue weighted by Crippen LogP contribution is -2.70. The van der Waals surface area contributed by atoms with Gasteiger partial charge in [-0.25, -0.2) is 19.2 Å². The van der Waals surface area contributed by atoms with Crippen molar-refractivity contribution in [2.24, 2.45) is 0 Å². The molecule has 8 aromatic carbocycles. The van der Waals surface area contributed by atoms with Crippen molar-refractivity contribution in [2.45, 2.75) is 165 Å². The molecule has 7 N–H and O–H groups in total. The number of thioether (sulfide) groups is 2. The van der Waals surface area contributed by atoms with Crippen molar-refractivity contribution in [2.75, 3.05) is 86.4 Å². The fraction of sp³-hybridized carbons (Fsp3) is 0.394. The van der Waals surface area contributed by atoms with E-state index in [9.17, 15) is 45.3 Å². The average Bonchev–Trinajstić information content (AvgIpc) is 1.44. The minimum Gasteiger partial charge on any atom is -0.504 e. The molecule has 30 heteroatoms. The Balaban J connectivity index is 0.000000192. The fourth-order valence-corrected chi connectivity index (χ4v) is 25.1. The summed E-state index contributed by atoms with van der Waals surface area (Å²) >= 11 is 2.92. The van der Waals surface area contributed by atoms with Gasteiger partial charge < -0.3 is 82.6 Å². The van der Waals surface area contributed by atoms with Crippen LogP contribution in [0.25, 0.3) is 12.2 Å². The van der Waals surface area contributed by atoms with E-state index in [0.29, 0.717) is 135 Å². The van der Waals surface area contributed by atoms with Gasteiger partial charge in [0.2, 0.25) is 13.6 Å². The highest BCUT2D eigenvalue weighted by molar-refractivity contribution is 7.99. The molecule has 4 saturated heterocycles. The summed E-state index contributed by atoms with van der Waals surface area (Å²) in [5.74, 6) is 1.28. The minimum absolute atomic E-state index is 0. The lowest BCUT2D eigenvalue weighted by Gasteiger charge is -2.62. The maximum absolute atomic E-state index is 15.0. The number of methoxy groups -OCH3 is 4. The first-order valence-corrected chi connectivity index (χ1v) is 43.7. The molecule has 0 radical (unpaired) electrons. The van der Waals surface area contributed by atoms with Gasteiger partial charge >= 0.3 is 23.9 Å². The molecule has 0 saturated carbocycles. The number of phenolic OH excluding ortho intramolecular Hbond substituents is 4. The van der Waals surface area contributed by atoms with Crippen LogP contribution < -0.4 is 63.3 Å². The number of carbonyl (C=O) groups is 4. The number of hydrogen-bond donors (Lipinski definition) is 7. The zero-order valence-corrected chi connectivity index (χ0v) is 71.5. The number of rotatable bonds is 12. The van der Waals surface area contributed by atoms with Gasteiger partial charge in [-0.2, -0.15) is 10.5 Å². The summed E-state index contributed by atoms with van der Waals surface area (Å²) in [7, 11) is 5.99. The Morgan fingerprint density at radius 3 is 1.46 bits per heavy atom. The highest BCUT2D eigenvalue weighted by Gasteiger charge is 2.65. The Bertz CT molecular complexity index is 5980. The number of ether oxygens (including phenoxy) is 12. The van der Waals surface area contributed by atoms with Gasteiger partial charge in [0.05, 0.1) is 75.2 Å². The molecule has 0 amide bonds. The number of fused-ring (bicyclic) bond motifs is 18. The topological polar surface area (TPSA) is 353 Å². The van der Waals surface area contributed by atoms with Crippen LogP contribution in [-0.4, -0.2) is 182 Å². The van der Waals surface area contributed by atoms with Crippen LogP contribution in [0, 0.1) is 50.4 Å². The third-order valence-electron chi connectivity index (χ3n) is 26.9. The SMILES string of the molecule is C.C.C.C.C=CCN1[C@@H]2c3c(cc(C)c(OC)c3O)C[C@H]1[C@H](C#N)N1C2[C@@H]2SC[C@]3(NCCc4cc(O)c(OC)cc43)C(=O)OC[C@H]1c1c3c(c(C)c(OC(=O)/C=C/c4ccccc4)c12)OCO3.COc1cc2c(cc1O)CCN[C@]21CS[C@@H]2c3c(OC(=O)/C=C/c4ccccc4)c(C)c4c(c3[C@H](COC1=O)N1C2[C@@H]2N[C@@H](Cc3cc(C)c(OC)c(O)c32)[C@@H]1C#N)OCO4. The number of piperazine rings is 2. The van der Waals surface area contributed by atoms with Crippen LogP contribution in [0.2, 0.25) is 0 Å². The summed E-state index contributed by atoms with van der Waals surface area (Å²) in [5.41, 5.74) is 9.90. The van der Waals surface area contributed by atoms with Crippen molar-refractivity contribution in [3.8, 4) is 92.6 Å². The standard InChI is InChI=1S/C49H48N4O10S.C46H44N4O10S.4CH4/c1-6-16-52-31-18-29-17-25(2)43(59-5)42(56)37(29)40(52)41-47-39-38(46-45(61-24-62-46)26(3)44(39)63-36(55)13-12-27-10-8-7-9-11-27)33(53(41)32(31)21-50)22-60-48(57)49(23-64-47)30-20-35(58-4)34(54)19-28(30)14-15-51-49;1-22-14-26-15-28-29(18-47)50-30-19-57-45(54)46(27-17-32(55-3)31(51)16-25(27)12-13-48-46)20-61-44(38(50)37(49-28)34(26)39(53)40(22)56-4)36-35(30)43-42(58-21-59-43)23(2)41(36)60-33(52)11-10-24-8-6-5-7-9-24;;;;/h6-13,17,19-20,31-33,40-41,47,51,54,56H,1,14-16,18,22-24H2,2-5H3;5-11,14,16-17,28-30,37-38,44,48-49,51,53H,12-13,15,19-21H2,1-4H3;4*1H4/b13-12+;11-10+;;;;/t31-,32-,33-,40+,41?,47+,49+;28-,29-,30-,37+,38?,44+,46+;;;;/m00..../s1. The number of nitriles is 2. The van der Waals surface area contributed by atoms with E-state index in [1.807, 2.05) is 107 Å². The lowest BCUT2D eigenvalue weighted by atomic mass is 9.71. The van der Waals surface area contributed by atoms with Crippen molar-refractivity contribution in [3.63, 3.8) is 0 Å². The van der Waals surface area contributed by atoms with Crippen molar-refractivity contribution in [3.05, 3.63) is 222 Å². The number of nitrogens with one attached hydrogen (secondary N) is 3. The van der Waals surface area contributed by atoms with Crippen LogP contribution in [0.15, 0.2) is 122 Å². The molecule has 129 heavy (non-hydrogen) atoms. The number of esters is 4. The maximum Gasteiger partial charge on any atom is 0.336 e. The molecule has 22 rings (SSSR count). The van der Waals surface area contributed by atoms with Crippen molar-refractivity contribution < 1.29 is 96.4 Å². The first-order valence-electron chi connectivity index (χ1n) is 41.6. The van der Waals surface area contributed by atoms with Gasteiger partial charge in [-0.1, -0.05) is 109 Å². The number of carbonyl (C=O) groups excluding carboxylic acids is 4. The summed E-state index contributed by atoms with van der Waals surface area (Å²) < 4.78 is 73.6. The lowest BCUT2D eigenvalue weighted by molar-refractivity contribution is -0.157. The molecule has 14 aliphatic heterocycles. The number of aromatic hydroxyl groups is 4. The third-order valence-corrected chi connectivity index (χ3v) is 29.8. The van der Waals surface area contributed by atoms with E-state index in [4.69, 9.17) is 56.8 Å². The number of phenols is 4. The Morgan fingerprint density at radius 1 is 0.550 bits per heavy atom. The largest absolute Gasteiger partial charge is 0.504 e. The zero-order chi connectivity index (χ0) is 86.9. The normalized spacial score (nSPS) is 25.9. The van der Waals surface area contributed by atoms with Gasteiger partial charge in [-0.15, -0.1) is 30.1 Å². The Morgan fingerprint density at radius 2 is 1.00 bits per heavy atom. The highest BCUT2D eigenvalue weighted by atomic mass is 32.2. The molecule has 676 valence electrons. The molecule has 2 unspecified atom stereocenters. The third kappa shape index (κ3) is 14.6. The van der Waals surface area contributed by atoms with Crippen molar-refractivity contribution >= 4 is 59.6 Å². The van der Waals surface area contributed by atoms with Crippen LogP contribution in [0.1, 0.15) is 165 Å². The monoisotopic (exact) mass is 1790 g/mol. The highest BCUT2D eigenvalue weighted by Crippen LogP contribution is 2.68. The molecular formula is C99H108N8O20S2. The quantitative estimate of drug-likeness (QED) is 0.0258. The summed E-state index contributed by atoms with van der Waals surface area (Å²) in [6.45, 7) is 12.2. The van der Waals surface area contributed by atoms with Crippen LogP contribution in [0.4, 0.5) is 0 Å². The van der Waals surface area contributed by atoms with E-state index >= 15 is 4.79 Å². The first kappa shape index (κ1) is 91.6. The molecule has 14 heterocycles. The summed E-state index contributed by atoms with van der Waals surface area (Å²) in [6.07, 6.45) is 9.94. The number of aryl methyl sites for hydroxylation is 2. The smallest absolute Gasteiger partial charge is 0.336 e. The average molecular weight is 1790 g/mol. The molecule has 28 nitrogen and oxygen atoms in total. The van der Waals surface area contributed by atoms with Gasteiger partial charge in [-0.05, 0) is 145 Å². The second kappa shape index (κ2) is 36.1. The van der Waals surface area contributed by atoms with E-state index in [1.54, 1.807) is 36.4 Å². The predicted octanol–water partition coefficient (Wildman–Crippen LogP) is 14.1. The molecule has 2 spiro atoms. The van der Waals surface area contributed by atoms with Gasteiger partial charge in [0.1, 0.15) is 36.8 Å². The van der Waals surface area contributed by atoms with E-state index in [1.165, 1.54) is 64.1 Å². The molecule has 14 atom stereocenters. The van der Waals surface area contributed by atoms with Gasteiger partial charge in [0.15, 0.2) is 80.1 Å². The summed E-state index contributed by atoms with van der Waals surface area (Å²) in [6, 6.07) is 28.7. The molecule has 8 bridgehead atoms.